The maximum atomic E-state index is 12.8. The quantitative estimate of drug-likeness (QED) is 0.715. The molecule has 0 saturated carbocycles. The third-order valence-corrected chi connectivity index (χ3v) is 8.07. The minimum absolute atomic E-state index is 0.00117. The zero-order valence-electron chi connectivity index (χ0n) is 17.5. The van der Waals surface area contributed by atoms with Gasteiger partial charge in [-0.05, 0) is 54.1 Å². The molecule has 0 atom stereocenters. The summed E-state index contributed by atoms with van der Waals surface area (Å²) in [7, 11) is -3.40. The number of ether oxygens (including phenoxy) is 1. The summed E-state index contributed by atoms with van der Waals surface area (Å²) in [5, 5.41) is 3.40. The first kappa shape index (κ1) is 21.4. The minimum atomic E-state index is -3.40. The molecule has 1 N–H and O–H groups in total. The Morgan fingerprint density at radius 3 is 2.66 bits per heavy atom. The molecule has 32 heavy (non-hydrogen) atoms. The topological polar surface area (TPSA) is 91.3 Å². The third-order valence-electron chi connectivity index (χ3n) is 5.77. The number of nitrogens with zero attached hydrogens (tertiary/aromatic N) is 3. The van der Waals surface area contributed by atoms with Gasteiger partial charge in [0.1, 0.15) is 0 Å². The zero-order chi connectivity index (χ0) is 22.1. The van der Waals surface area contributed by atoms with Crippen LogP contribution in [0.1, 0.15) is 15.9 Å². The van der Waals surface area contributed by atoms with Gasteiger partial charge in [0.2, 0.25) is 0 Å². The van der Waals surface area contributed by atoms with Crippen molar-refractivity contribution in [3.63, 3.8) is 0 Å². The second kappa shape index (κ2) is 8.86. The molecule has 5 rings (SSSR count). The molecule has 1 fully saturated rings. The fraction of sp³-hybridized carbons (Fsp3) is 0.364. The number of rotatable bonds is 5. The molecule has 10 heteroatoms. The summed E-state index contributed by atoms with van der Waals surface area (Å²) >= 11 is 1.28. The number of anilines is 2. The van der Waals surface area contributed by atoms with Gasteiger partial charge in [-0.25, -0.2) is 8.42 Å². The summed E-state index contributed by atoms with van der Waals surface area (Å²) in [5.74, 6) is -0.199. The fourth-order valence-electron chi connectivity index (χ4n) is 3.94. The lowest BCUT2D eigenvalue weighted by Gasteiger charge is -2.26. The molecule has 2 aromatic rings. The van der Waals surface area contributed by atoms with Gasteiger partial charge in [0, 0.05) is 42.3 Å². The van der Waals surface area contributed by atoms with E-state index in [-0.39, 0.29) is 11.7 Å². The van der Waals surface area contributed by atoms with Crippen LogP contribution >= 0.6 is 11.8 Å². The van der Waals surface area contributed by atoms with Gasteiger partial charge >= 0.3 is 0 Å². The summed E-state index contributed by atoms with van der Waals surface area (Å²) in [6, 6.07) is 13.3. The van der Waals surface area contributed by atoms with E-state index in [4.69, 9.17) is 4.74 Å². The number of hydrogen-bond donors (Lipinski definition) is 1. The van der Waals surface area contributed by atoms with Crippen molar-refractivity contribution in [3.05, 3.63) is 53.6 Å². The molecule has 3 aliphatic rings. The Hall–Kier alpha value is -2.40. The first-order chi connectivity index (χ1) is 15.5. The number of benzene rings is 2. The van der Waals surface area contributed by atoms with E-state index in [2.05, 4.69) is 14.6 Å². The van der Waals surface area contributed by atoms with Gasteiger partial charge in [-0.2, -0.15) is 0 Å². The average molecular weight is 473 g/mol. The summed E-state index contributed by atoms with van der Waals surface area (Å²) in [6.45, 7) is 4.95. The number of nitrogens with one attached hydrogen (secondary N) is 1. The van der Waals surface area contributed by atoms with E-state index >= 15 is 0 Å². The van der Waals surface area contributed by atoms with Gasteiger partial charge in [0.05, 0.1) is 24.7 Å². The van der Waals surface area contributed by atoms with Gasteiger partial charge in [-0.1, -0.05) is 12.1 Å². The van der Waals surface area contributed by atoms with Gasteiger partial charge < -0.3 is 15.0 Å². The van der Waals surface area contributed by atoms with E-state index in [0.717, 1.165) is 55.5 Å². The van der Waals surface area contributed by atoms with Gasteiger partial charge in [-0.15, -0.1) is 4.40 Å². The third kappa shape index (κ3) is 4.68. The van der Waals surface area contributed by atoms with E-state index in [1.807, 2.05) is 35.2 Å². The van der Waals surface area contributed by atoms with Crippen molar-refractivity contribution in [1.29, 1.82) is 0 Å². The number of fused-ring (bicyclic) bond motifs is 3. The molecular formula is C22H24N4O4S2. The van der Waals surface area contributed by atoms with Crippen molar-refractivity contribution in [1.82, 2.24) is 4.90 Å². The number of hydrogen-bond acceptors (Lipinski definition) is 7. The molecular weight excluding hydrogens is 448 g/mol. The molecule has 3 heterocycles. The molecule has 0 bridgehead atoms. The van der Waals surface area contributed by atoms with Crippen molar-refractivity contribution >= 4 is 44.2 Å². The fourth-order valence-corrected chi connectivity index (χ4v) is 6.24. The maximum absolute atomic E-state index is 12.8. The van der Waals surface area contributed by atoms with Crippen LogP contribution in [0.2, 0.25) is 0 Å². The monoisotopic (exact) mass is 472 g/mol. The number of morpholine rings is 1. The van der Waals surface area contributed by atoms with Crippen LogP contribution in [0.15, 0.2) is 51.8 Å². The Morgan fingerprint density at radius 1 is 1.09 bits per heavy atom. The number of sulfonamides is 1. The number of amidine groups is 1. The van der Waals surface area contributed by atoms with E-state index in [1.165, 1.54) is 17.3 Å². The van der Waals surface area contributed by atoms with Crippen LogP contribution in [0.3, 0.4) is 0 Å². The van der Waals surface area contributed by atoms with Crippen molar-refractivity contribution in [2.24, 2.45) is 4.40 Å². The maximum Gasteiger partial charge on any atom is 0.257 e. The second-order valence-corrected chi connectivity index (χ2v) is 10.7. The normalized spacial score (nSPS) is 19.8. The van der Waals surface area contributed by atoms with Crippen LogP contribution in [0.4, 0.5) is 11.4 Å². The van der Waals surface area contributed by atoms with Crippen LogP contribution in [0, 0.1) is 0 Å². The number of carbonyl (C=O) groups is 1. The van der Waals surface area contributed by atoms with Crippen LogP contribution in [0.25, 0.3) is 0 Å². The van der Waals surface area contributed by atoms with E-state index < -0.39 is 10.0 Å². The molecule has 168 valence electrons. The summed E-state index contributed by atoms with van der Waals surface area (Å²) in [6.07, 6.45) is 0.965. The highest BCUT2D eigenvalue weighted by Crippen LogP contribution is 2.42. The molecule has 0 spiro atoms. The Morgan fingerprint density at radius 2 is 1.88 bits per heavy atom. The minimum Gasteiger partial charge on any atom is -0.379 e. The highest BCUT2D eigenvalue weighted by molar-refractivity contribution is 8.15. The van der Waals surface area contributed by atoms with Crippen molar-refractivity contribution < 1.29 is 17.9 Å². The molecule has 0 aromatic heterocycles. The number of carbonyl (C=O) groups excluding carboxylic acids is 1. The molecule has 0 unspecified atom stereocenters. The lowest BCUT2D eigenvalue weighted by Crippen LogP contribution is -2.37. The first-order valence-electron chi connectivity index (χ1n) is 10.6. The molecule has 0 aliphatic carbocycles. The first-order valence-corrected chi connectivity index (χ1v) is 13.0. The van der Waals surface area contributed by atoms with Crippen LogP contribution in [-0.2, 0) is 21.2 Å². The summed E-state index contributed by atoms with van der Waals surface area (Å²) in [5.41, 5.74) is 3.39. The smallest absolute Gasteiger partial charge is 0.257 e. The lowest BCUT2D eigenvalue weighted by atomic mass is 10.1. The Bertz CT molecular complexity index is 1160. The van der Waals surface area contributed by atoms with Crippen LogP contribution in [-0.4, -0.2) is 69.5 Å². The molecule has 3 aliphatic heterocycles. The Kier molecular flexibility index (Phi) is 5.93. The van der Waals surface area contributed by atoms with Crippen molar-refractivity contribution in [2.45, 2.75) is 11.3 Å². The lowest BCUT2D eigenvalue weighted by molar-refractivity contribution is 0.0384. The van der Waals surface area contributed by atoms with Crippen molar-refractivity contribution in [3.8, 4) is 0 Å². The summed E-state index contributed by atoms with van der Waals surface area (Å²) < 4.78 is 32.8. The highest BCUT2D eigenvalue weighted by atomic mass is 32.2. The predicted molar refractivity (Wildman–Crippen MR) is 126 cm³/mol. The SMILES string of the molecule is O=C(Nc1ccc(CCN2CCOCC2)cc1)c1ccc2c(c1)SC1=NS(=O)(=O)CCN12. The summed E-state index contributed by atoms with van der Waals surface area (Å²) in [4.78, 5) is 17.9. The molecule has 1 amide bonds. The molecule has 8 nitrogen and oxygen atoms in total. The van der Waals surface area contributed by atoms with E-state index in [0.29, 0.717) is 17.3 Å². The van der Waals surface area contributed by atoms with E-state index in [9.17, 15) is 13.2 Å². The van der Waals surface area contributed by atoms with Crippen LogP contribution in [0.5, 0.6) is 0 Å². The van der Waals surface area contributed by atoms with Gasteiger partial charge in [-0.3, -0.25) is 9.69 Å². The highest BCUT2D eigenvalue weighted by Gasteiger charge is 2.33. The zero-order valence-corrected chi connectivity index (χ0v) is 19.1. The Balaban J connectivity index is 1.21. The largest absolute Gasteiger partial charge is 0.379 e. The number of amides is 1. The molecule has 2 aromatic carbocycles. The standard InChI is InChI=1S/C22H24N4O4S2/c27-21(23-18-4-1-16(2-5-18)7-8-25-9-12-30-13-10-25)17-3-6-19-20(15-17)31-22-24-32(28,29)14-11-26(19)22/h1-6,15H,7-14H2,(H,23,27). The van der Waals surface area contributed by atoms with E-state index in [1.54, 1.807) is 12.1 Å². The molecule has 1 saturated heterocycles. The van der Waals surface area contributed by atoms with Gasteiger partial charge in [0.25, 0.3) is 15.9 Å². The Labute approximate surface area is 191 Å². The predicted octanol–water partition coefficient (Wildman–Crippen LogP) is 2.43. The second-order valence-electron chi connectivity index (χ2n) is 7.95. The van der Waals surface area contributed by atoms with Crippen LogP contribution < -0.4 is 10.2 Å². The molecule has 0 radical (unpaired) electrons. The van der Waals surface area contributed by atoms with Gasteiger partial charge in [0.15, 0.2) is 5.17 Å². The van der Waals surface area contributed by atoms with Crippen molar-refractivity contribution in [2.75, 3.05) is 55.4 Å². The average Bonchev–Trinajstić information content (AvgIpc) is 3.14. The number of thioether (sulfide) groups is 1.